The first kappa shape index (κ1) is 20.0. The smallest absolute Gasteiger partial charge is 0.406 e. The predicted octanol–water partition coefficient (Wildman–Crippen LogP) is 1.27. The Bertz CT molecular complexity index is 694. The van der Waals surface area contributed by atoms with Gasteiger partial charge in [-0.15, -0.1) is 13.2 Å². The number of benzene rings is 1. The molecule has 25 heavy (non-hydrogen) atoms. The number of aliphatic hydroxyl groups excluding tert-OH is 1. The fourth-order valence-corrected chi connectivity index (χ4v) is 3.92. The summed E-state index contributed by atoms with van der Waals surface area (Å²) in [5.41, 5.74) is 0.588. The van der Waals surface area contributed by atoms with Crippen LogP contribution in [0.2, 0.25) is 0 Å². The minimum atomic E-state index is -4.76. The number of nitrogens with zero attached hydrogens (tertiary/aromatic N) is 2. The molecule has 6 nitrogen and oxygen atoms in total. The highest BCUT2D eigenvalue weighted by molar-refractivity contribution is 7.89. The number of ether oxygens (including phenoxy) is 1. The van der Waals surface area contributed by atoms with E-state index in [9.17, 15) is 26.7 Å². The lowest BCUT2D eigenvalue weighted by atomic mass is 10.1. The van der Waals surface area contributed by atoms with E-state index in [0.29, 0.717) is 18.7 Å². The number of alkyl halides is 3. The molecule has 0 aromatic heterocycles. The fourth-order valence-electron chi connectivity index (χ4n) is 2.75. The molecule has 0 saturated carbocycles. The maximum Gasteiger partial charge on any atom is 0.573 e. The van der Waals surface area contributed by atoms with Crippen molar-refractivity contribution in [2.45, 2.75) is 19.0 Å². The second-order valence-corrected chi connectivity index (χ2v) is 8.51. The van der Waals surface area contributed by atoms with E-state index in [1.165, 1.54) is 32.3 Å². The maximum atomic E-state index is 12.3. The molecule has 2 rings (SSSR count). The third-order valence-electron chi connectivity index (χ3n) is 4.00. The highest BCUT2D eigenvalue weighted by Crippen LogP contribution is 2.26. The molecule has 0 spiro atoms. The van der Waals surface area contributed by atoms with Gasteiger partial charge in [-0.2, -0.15) is 0 Å². The number of hydrogen-bond donors (Lipinski definition) is 1. The van der Waals surface area contributed by atoms with E-state index in [1.807, 2.05) is 4.90 Å². The second kappa shape index (κ2) is 7.48. The summed E-state index contributed by atoms with van der Waals surface area (Å²) in [5.74, 6) is -0.923. The van der Waals surface area contributed by atoms with E-state index in [0.717, 1.165) is 4.31 Å². The third-order valence-corrected chi connectivity index (χ3v) is 5.96. The molecule has 1 N–H and O–H groups in total. The average molecular weight is 382 g/mol. The lowest BCUT2D eigenvalue weighted by molar-refractivity contribution is -0.274. The molecule has 0 amide bonds. The molecule has 0 bridgehead atoms. The fraction of sp³-hybridized carbons (Fsp3) is 0.600. The van der Waals surface area contributed by atoms with Gasteiger partial charge in [-0.3, -0.25) is 4.90 Å². The van der Waals surface area contributed by atoms with Crippen LogP contribution >= 0.6 is 0 Å². The van der Waals surface area contributed by atoms with Crippen LogP contribution < -0.4 is 4.74 Å². The highest BCUT2D eigenvalue weighted by Gasteiger charge is 2.35. The molecule has 1 aromatic carbocycles. The first-order valence-corrected chi connectivity index (χ1v) is 9.22. The van der Waals surface area contributed by atoms with E-state index in [-0.39, 0.29) is 18.0 Å². The largest absolute Gasteiger partial charge is 0.573 e. The Morgan fingerprint density at radius 3 is 2.60 bits per heavy atom. The zero-order valence-corrected chi connectivity index (χ0v) is 14.7. The Hall–Kier alpha value is -1.36. The maximum absolute atomic E-state index is 12.3. The number of hydrogen-bond acceptors (Lipinski definition) is 5. The van der Waals surface area contributed by atoms with Crippen molar-refractivity contribution in [3.8, 4) is 5.75 Å². The molecule has 0 unspecified atom stereocenters. The van der Waals surface area contributed by atoms with Crippen LogP contribution in [0, 0.1) is 5.92 Å². The molecule has 1 heterocycles. The molecule has 1 aliphatic heterocycles. The third kappa shape index (κ3) is 5.84. The Labute approximate surface area is 144 Å². The van der Waals surface area contributed by atoms with Gasteiger partial charge in [0.05, 0.1) is 11.9 Å². The summed E-state index contributed by atoms with van der Waals surface area (Å²) in [5, 5.41) is 10.1. The number of likely N-dealkylation sites (tertiary alicyclic amines) is 1. The summed E-state index contributed by atoms with van der Waals surface area (Å²) in [6.07, 6.45) is -5.56. The van der Waals surface area contributed by atoms with Crippen LogP contribution in [0.25, 0.3) is 0 Å². The van der Waals surface area contributed by atoms with Crippen LogP contribution in [-0.2, 0) is 16.6 Å². The number of halogens is 3. The van der Waals surface area contributed by atoms with Crippen LogP contribution in [0.1, 0.15) is 5.56 Å². The summed E-state index contributed by atoms with van der Waals surface area (Å²) in [6.45, 7) is 0.904. The SMILES string of the molecule is CN(C)S(=O)(=O)C[C@@H]1CN(Cc2cccc(OC(F)(F)F)c2)C[C@@H]1O. The Kier molecular flexibility index (Phi) is 5.97. The Morgan fingerprint density at radius 1 is 1.32 bits per heavy atom. The molecule has 0 aliphatic carbocycles. The van der Waals surface area contributed by atoms with Crippen LogP contribution in [-0.4, -0.2) is 68.1 Å². The minimum Gasteiger partial charge on any atom is -0.406 e. The van der Waals surface area contributed by atoms with Crippen molar-refractivity contribution in [3.05, 3.63) is 29.8 Å². The summed E-state index contributed by atoms with van der Waals surface area (Å²) >= 11 is 0. The zero-order valence-electron chi connectivity index (χ0n) is 13.9. The van der Waals surface area contributed by atoms with Crippen molar-refractivity contribution in [1.82, 2.24) is 9.21 Å². The van der Waals surface area contributed by atoms with Crippen molar-refractivity contribution >= 4 is 10.0 Å². The molecule has 142 valence electrons. The standard InChI is InChI=1S/C15H21F3N2O4S/c1-19(2)25(22,23)10-12-8-20(9-14(12)21)7-11-4-3-5-13(6-11)24-15(16,17)18/h3-6,12,14,21H,7-10H2,1-2H3/t12-,14-/m0/s1. The molecule has 0 radical (unpaired) electrons. The van der Waals surface area contributed by atoms with E-state index in [1.54, 1.807) is 6.07 Å². The van der Waals surface area contributed by atoms with Crippen LogP contribution in [0.15, 0.2) is 24.3 Å². The van der Waals surface area contributed by atoms with Gasteiger partial charge in [-0.1, -0.05) is 12.1 Å². The van der Waals surface area contributed by atoms with Crippen molar-refractivity contribution in [2.24, 2.45) is 5.92 Å². The van der Waals surface area contributed by atoms with Gasteiger partial charge in [-0.25, -0.2) is 12.7 Å². The zero-order chi connectivity index (χ0) is 18.8. The molecular weight excluding hydrogens is 361 g/mol. The Morgan fingerprint density at radius 2 is 2.00 bits per heavy atom. The lowest BCUT2D eigenvalue weighted by Gasteiger charge is -2.18. The van der Waals surface area contributed by atoms with Crippen LogP contribution in [0.3, 0.4) is 0 Å². The quantitative estimate of drug-likeness (QED) is 0.803. The first-order valence-electron chi connectivity index (χ1n) is 7.61. The number of rotatable bonds is 6. The predicted molar refractivity (Wildman–Crippen MR) is 85.4 cm³/mol. The van der Waals surface area contributed by atoms with Crippen LogP contribution in [0.5, 0.6) is 5.75 Å². The molecule has 2 atom stereocenters. The van der Waals surface area contributed by atoms with Crippen molar-refractivity contribution in [3.63, 3.8) is 0 Å². The average Bonchev–Trinajstić information content (AvgIpc) is 2.76. The van der Waals surface area contributed by atoms with Gasteiger partial charge in [0.15, 0.2) is 0 Å². The number of β-amino-alcohol motifs (C(OH)–C–C–N with tert-alkyl or cyclic N) is 1. The highest BCUT2D eigenvalue weighted by atomic mass is 32.2. The Balaban J connectivity index is 1.99. The normalized spacial score (nSPS) is 22.5. The van der Waals surface area contributed by atoms with Crippen LogP contribution in [0.4, 0.5) is 13.2 Å². The van der Waals surface area contributed by atoms with Crippen molar-refractivity contribution in [1.29, 1.82) is 0 Å². The summed E-state index contributed by atoms with van der Waals surface area (Å²) in [7, 11) is -0.574. The molecule has 1 saturated heterocycles. The number of aliphatic hydroxyl groups is 1. The van der Waals surface area contributed by atoms with Crippen molar-refractivity contribution < 1.29 is 31.4 Å². The summed E-state index contributed by atoms with van der Waals surface area (Å²) in [6, 6.07) is 5.60. The van der Waals surface area contributed by atoms with Gasteiger partial charge in [0.25, 0.3) is 0 Å². The summed E-state index contributed by atoms with van der Waals surface area (Å²) in [4.78, 5) is 1.81. The van der Waals surface area contributed by atoms with Gasteiger partial charge in [-0.05, 0) is 17.7 Å². The lowest BCUT2D eigenvalue weighted by Crippen LogP contribution is -2.33. The van der Waals surface area contributed by atoms with E-state index < -0.39 is 28.4 Å². The van der Waals surface area contributed by atoms with E-state index in [4.69, 9.17) is 0 Å². The van der Waals surface area contributed by atoms with Gasteiger partial charge >= 0.3 is 6.36 Å². The van der Waals surface area contributed by atoms with E-state index >= 15 is 0 Å². The second-order valence-electron chi connectivity index (χ2n) is 6.28. The van der Waals surface area contributed by atoms with E-state index in [2.05, 4.69) is 4.74 Å². The van der Waals surface area contributed by atoms with Gasteiger partial charge in [0, 0.05) is 39.6 Å². The molecule has 1 aromatic rings. The molecule has 1 aliphatic rings. The van der Waals surface area contributed by atoms with Gasteiger partial charge in [0.2, 0.25) is 10.0 Å². The molecule has 1 fully saturated rings. The summed E-state index contributed by atoms with van der Waals surface area (Å²) < 4.78 is 65.7. The van der Waals surface area contributed by atoms with Gasteiger partial charge < -0.3 is 9.84 Å². The first-order chi connectivity index (χ1) is 11.5. The van der Waals surface area contributed by atoms with Crippen molar-refractivity contribution in [2.75, 3.05) is 32.9 Å². The topological polar surface area (TPSA) is 70.1 Å². The monoisotopic (exact) mass is 382 g/mol. The minimum absolute atomic E-state index is 0.172. The number of sulfonamides is 1. The molecular formula is C15H21F3N2O4S. The van der Waals surface area contributed by atoms with Gasteiger partial charge in [0.1, 0.15) is 5.75 Å². The molecule has 10 heteroatoms.